The molecular formula is C25H33N3O. The fourth-order valence-corrected chi connectivity index (χ4v) is 4.53. The smallest absolute Gasteiger partial charge is 0.251 e. The Morgan fingerprint density at radius 2 is 1.62 bits per heavy atom. The first kappa shape index (κ1) is 20.0. The molecule has 2 aliphatic heterocycles. The van der Waals surface area contributed by atoms with Crippen LogP contribution in [0.2, 0.25) is 0 Å². The van der Waals surface area contributed by atoms with Gasteiger partial charge in [-0.3, -0.25) is 9.69 Å². The molecule has 154 valence electrons. The third-order valence-electron chi connectivity index (χ3n) is 6.22. The molecule has 1 amide bonds. The van der Waals surface area contributed by atoms with Crippen LogP contribution in [0.15, 0.2) is 48.5 Å². The maximum atomic E-state index is 12.5. The molecule has 2 aromatic rings. The van der Waals surface area contributed by atoms with Gasteiger partial charge in [0.25, 0.3) is 5.91 Å². The lowest BCUT2D eigenvalue weighted by atomic mass is 9.99. The highest BCUT2D eigenvalue weighted by molar-refractivity contribution is 5.94. The molecule has 2 saturated heterocycles. The number of carbonyl (C=O) groups is 1. The maximum absolute atomic E-state index is 12.5. The maximum Gasteiger partial charge on any atom is 0.251 e. The van der Waals surface area contributed by atoms with E-state index in [2.05, 4.69) is 58.4 Å². The number of rotatable bonds is 6. The fourth-order valence-electron chi connectivity index (χ4n) is 4.53. The Balaban J connectivity index is 1.27. The summed E-state index contributed by atoms with van der Waals surface area (Å²) in [6.45, 7) is 8.55. The molecule has 0 unspecified atom stereocenters. The van der Waals surface area contributed by atoms with Crippen LogP contribution < -0.4 is 10.2 Å². The first-order chi connectivity index (χ1) is 14.2. The quantitative estimate of drug-likeness (QED) is 0.790. The molecule has 0 aliphatic carbocycles. The summed E-state index contributed by atoms with van der Waals surface area (Å²) in [6, 6.07) is 16.7. The van der Waals surface area contributed by atoms with E-state index in [9.17, 15) is 4.79 Å². The van der Waals surface area contributed by atoms with Gasteiger partial charge in [-0.05, 0) is 73.5 Å². The molecule has 0 saturated carbocycles. The Bertz CT molecular complexity index is 794. The number of benzene rings is 2. The summed E-state index contributed by atoms with van der Waals surface area (Å²) in [7, 11) is 0. The Kier molecular flexibility index (Phi) is 6.50. The van der Waals surface area contributed by atoms with Crippen LogP contribution in [0.5, 0.6) is 0 Å². The first-order valence-corrected chi connectivity index (χ1v) is 11.1. The molecule has 0 radical (unpaired) electrons. The summed E-state index contributed by atoms with van der Waals surface area (Å²) in [6.07, 6.45) is 5.21. The Hall–Kier alpha value is -2.33. The molecule has 0 bridgehead atoms. The van der Waals surface area contributed by atoms with E-state index in [4.69, 9.17) is 0 Å². The van der Waals surface area contributed by atoms with E-state index in [0.717, 1.165) is 36.7 Å². The van der Waals surface area contributed by atoms with Crippen LogP contribution in [0.3, 0.4) is 0 Å². The van der Waals surface area contributed by atoms with Crippen LogP contribution in [0.1, 0.15) is 54.1 Å². The van der Waals surface area contributed by atoms with Gasteiger partial charge in [-0.1, -0.05) is 31.2 Å². The predicted octanol–water partition coefficient (Wildman–Crippen LogP) is 4.45. The van der Waals surface area contributed by atoms with E-state index in [1.54, 1.807) is 0 Å². The van der Waals surface area contributed by atoms with Crippen LogP contribution in [0, 0.1) is 5.92 Å². The van der Waals surface area contributed by atoms with Crippen molar-refractivity contribution in [2.75, 3.05) is 31.1 Å². The molecule has 0 aromatic heterocycles. The highest BCUT2D eigenvalue weighted by atomic mass is 16.1. The number of nitrogens with zero attached hydrogens (tertiary/aromatic N) is 2. The van der Waals surface area contributed by atoms with Crippen molar-refractivity contribution in [2.45, 2.75) is 45.7 Å². The summed E-state index contributed by atoms with van der Waals surface area (Å²) in [5.41, 5.74) is 4.44. The van der Waals surface area contributed by atoms with Crippen LogP contribution in [-0.4, -0.2) is 37.0 Å². The Morgan fingerprint density at radius 1 is 0.931 bits per heavy atom. The van der Waals surface area contributed by atoms with Gasteiger partial charge in [0, 0.05) is 44.0 Å². The van der Waals surface area contributed by atoms with Gasteiger partial charge in [0.15, 0.2) is 0 Å². The van der Waals surface area contributed by atoms with E-state index in [1.807, 2.05) is 12.1 Å². The molecule has 4 heteroatoms. The van der Waals surface area contributed by atoms with Crippen molar-refractivity contribution in [3.63, 3.8) is 0 Å². The average Bonchev–Trinajstić information content (AvgIpc) is 3.28. The number of anilines is 1. The van der Waals surface area contributed by atoms with E-state index < -0.39 is 0 Å². The minimum atomic E-state index is -0.00763. The van der Waals surface area contributed by atoms with Crippen molar-refractivity contribution in [2.24, 2.45) is 5.92 Å². The molecule has 4 rings (SSSR count). The molecule has 29 heavy (non-hydrogen) atoms. The molecular weight excluding hydrogens is 358 g/mol. The summed E-state index contributed by atoms with van der Waals surface area (Å²) in [5.74, 6) is 0.782. The number of amides is 1. The molecule has 4 nitrogen and oxygen atoms in total. The normalized spacial score (nSPS) is 20.0. The van der Waals surface area contributed by atoms with Crippen LogP contribution in [0.25, 0.3) is 0 Å². The van der Waals surface area contributed by atoms with Crippen molar-refractivity contribution >= 4 is 11.6 Å². The topological polar surface area (TPSA) is 35.6 Å². The Labute approximate surface area is 174 Å². The SMILES string of the molecule is C[C@H]1CCCN(Cc2ccc(C(=O)NCc3ccc(N4CCCC4)cc3)cc2)C1. The molecule has 2 heterocycles. The van der Waals surface area contributed by atoms with E-state index in [1.165, 1.54) is 50.0 Å². The minimum Gasteiger partial charge on any atom is -0.372 e. The second-order valence-electron chi connectivity index (χ2n) is 8.72. The number of piperidine rings is 1. The zero-order valence-electron chi connectivity index (χ0n) is 17.6. The second-order valence-corrected chi connectivity index (χ2v) is 8.72. The number of hydrogen-bond acceptors (Lipinski definition) is 3. The number of hydrogen-bond donors (Lipinski definition) is 1. The van der Waals surface area contributed by atoms with Gasteiger partial charge in [0.2, 0.25) is 0 Å². The summed E-state index contributed by atoms with van der Waals surface area (Å²) in [4.78, 5) is 17.5. The zero-order chi connectivity index (χ0) is 20.1. The second kappa shape index (κ2) is 9.45. The van der Waals surface area contributed by atoms with Gasteiger partial charge in [-0.2, -0.15) is 0 Å². The molecule has 1 N–H and O–H groups in total. The zero-order valence-corrected chi connectivity index (χ0v) is 17.6. The molecule has 2 aromatic carbocycles. The molecule has 0 spiro atoms. The average molecular weight is 392 g/mol. The highest BCUT2D eigenvalue weighted by Crippen LogP contribution is 2.21. The molecule has 2 aliphatic rings. The third kappa shape index (κ3) is 5.39. The summed E-state index contributed by atoms with van der Waals surface area (Å²) < 4.78 is 0. The van der Waals surface area contributed by atoms with E-state index >= 15 is 0 Å². The van der Waals surface area contributed by atoms with Gasteiger partial charge in [0.05, 0.1) is 0 Å². The monoisotopic (exact) mass is 391 g/mol. The molecule has 2 fully saturated rings. The summed E-state index contributed by atoms with van der Waals surface area (Å²) >= 11 is 0. The standard InChI is InChI=1S/C25H33N3O/c1-20-5-4-14-27(18-20)19-22-6-10-23(11-7-22)25(29)26-17-21-8-12-24(13-9-21)28-15-2-3-16-28/h6-13,20H,2-5,14-19H2,1H3,(H,26,29)/t20-/m0/s1. The lowest BCUT2D eigenvalue weighted by Gasteiger charge is -2.30. The van der Waals surface area contributed by atoms with Crippen molar-refractivity contribution in [1.29, 1.82) is 0 Å². The highest BCUT2D eigenvalue weighted by Gasteiger charge is 2.16. The first-order valence-electron chi connectivity index (χ1n) is 11.1. The van der Waals surface area contributed by atoms with Crippen LogP contribution in [-0.2, 0) is 13.1 Å². The van der Waals surface area contributed by atoms with Crippen LogP contribution in [0.4, 0.5) is 5.69 Å². The van der Waals surface area contributed by atoms with Gasteiger partial charge < -0.3 is 10.2 Å². The third-order valence-corrected chi connectivity index (χ3v) is 6.22. The number of nitrogens with one attached hydrogen (secondary N) is 1. The van der Waals surface area contributed by atoms with Gasteiger partial charge in [-0.25, -0.2) is 0 Å². The lowest BCUT2D eigenvalue weighted by Crippen LogP contribution is -2.33. The van der Waals surface area contributed by atoms with Crippen molar-refractivity contribution in [3.05, 3.63) is 65.2 Å². The van der Waals surface area contributed by atoms with Gasteiger partial charge >= 0.3 is 0 Å². The molecule has 1 atom stereocenters. The summed E-state index contributed by atoms with van der Waals surface area (Å²) in [5, 5.41) is 3.05. The number of likely N-dealkylation sites (tertiary alicyclic amines) is 1. The van der Waals surface area contributed by atoms with Gasteiger partial charge in [0.1, 0.15) is 0 Å². The number of carbonyl (C=O) groups excluding carboxylic acids is 1. The van der Waals surface area contributed by atoms with Crippen molar-refractivity contribution in [1.82, 2.24) is 10.2 Å². The Morgan fingerprint density at radius 3 is 2.31 bits per heavy atom. The minimum absolute atomic E-state index is 0.00763. The predicted molar refractivity (Wildman–Crippen MR) is 119 cm³/mol. The van der Waals surface area contributed by atoms with E-state index in [0.29, 0.717) is 6.54 Å². The van der Waals surface area contributed by atoms with E-state index in [-0.39, 0.29) is 5.91 Å². The van der Waals surface area contributed by atoms with Crippen molar-refractivity contribution < 1.29 is 4.79 Å². The lowest BCUT2D eigenvalue weighted by molar-refractivity contribution is 0.0951. The van der Waals surface area contributed by atoms with Crippen molar-refractivity contribution in [3.8, 4) is 0 Å². The van der Waals surface area contributed by atoms with Crippen LogP contribution >= 0.6 is 0 Å². The fraction of sp³-hybridized carbons (Fsp3) is 0.480. The van der Waals surface area contributed by atoms with Gasteiger partial charge in [-0.15, -0.1) is 0 Å². The largest absolute Gasteiger partial charge is 0.372 e.